The smallest absolute Gasteiger partial charge is 0.0413 e. The highest BCUT2D eigenvalue weighted by atomic mass is 79.9. The van der Waals surface area contributed by atoms with E-state index in [1.165, 1.54) is 28.1 Å². The van der Waals surface area contributed by atoms with Gasteiger partial charge in [0.15, 0.2) is 0 Å². The molecule has 0 aliphatic carbocycles. The highest BCUT2D eigenvalue weighted by molar-refractivity contribution is 9.08. The van der Waals surface area contributed by atoms with Gasteiger partial charge < -0.3 is 4.90 Å². The van der Waals surface area contributed by atoms with Crippen molar-refractivity contribution in [1.29, 1.82) is 0 Å². The van der Waals surface area contributed by atoms with Gasteiger partial charge in [-0.3, -0.25) is 0 Å². The maximum absolute atomic E-state index is 3.53. The zero-order valence-electron chi connectivity index (χ0n) is 11.8. The van der Waals surface area contributed by atoms with Crippen molar-refractivity contribution in [3.63, 3.8) is 0 Å². The third-order valence-corrected chi connectivity index (χ3v) is 4.02. The summed E-state index contributed by atoms with van der Waals surface area (Å²) in [7, 11) is 0. The number of alkyl halides is 1. The van der Waals surface area contributed by atoms with Gasteiger partial charge in [0.2, 0.25) is 0 Å². The van der Waals surface area contributed by atoms with Crippen LogP contribution in [0.1, 0.15) is 23.6 Å². The van der Waals surface area contributed by atoms with Crippen LogP contribution in [-0.2, 0) is 5.33 Å². The minimum Gasteiger partial charge on any atom is -0.342 e. The van der Waals surface area contributed by atoms with Gasteiger partial charge in [0.25, 0.3) is 0 Å². The number of hydrogen-bond acceptors (Lipinski definition) is 1. The summed E-state index contributed by atoms with van der Waals surface area (Å²) in [5, 5.41) is 0.912. The van der Waals surface area contributed by atoms with E-state index in [0.717, 1.165) is 11.9 Å². The van der Waals surface area contributed by atoms with Crippen LogP contribution in [0.15, 0.2) is 42.5 Å². The lowest BCUT2D eigenvalue weighted by atomic mass is 10.1. The molecule has 0 unspecified atom stereocenters. The van der Waals surface area contributed by atoms with Gasteiger partial charge in [-0.1, -0.05) is 34.1 Å². The van der Waals surface area contributed by atoms with Gasteiger partial charge in [0.05, 0.1) is 0 Å². The molecule has 19 heavy (non-hydrogen) atoms. The van der Waals surface area contributed by atoms with Gasteiger partial charge in [-0.25, -0.2) is 0 Å². The van der Waals surface area contributed by atoms with Gasteiger partial charge in [-0.15, -0.1) is 0 Å². The van der Waals surface area contributed by atoms with E-state index in [-0.39, 0.29) is 0 Å². The first-order valence-corrected chi connectivity index (χ1v) is 7.77. The zero-order chi connectivity index (χ0) is 13.8. The van der Waals surface area contributed by atoms with Gasteiger partial charge in [-0.2, -0.15) is 0 Å². The Hall–Kier alpha value is -1.28. The fourth-order valence-corrected chi connectivity index (χ4v) is 2.94. The van der Waals surface area contributed by atoms with E-state index in [1.54, 1.807) is 0 Å². The molecule has 0 aliphatic heterocycles. The number of aryl methyl sites for hydroxylation is 2. The molecule has 0 N–H and O–H groups in total. The van der Waals surface area contributed by atoms with Crippen LogP contribution in [0.25, 0.3) is 0 Å². The van der Waals surface area contributed by atoms with E-state index in [0.29, 0.717) is 0 Å². The van der Waals surface area contributed by atoms with Gasteiger partial charge in [-0.05, 0) is 61.7 Å². The Bertz CT molecular complexity index is 563. The van der Waals surface area contributed by atoms with E-state index < -0.39 is 0 Å². The Morgan fingerprint density at radius 1 is 1.00 bits per heavy atom. The van der Waals surface area contributed by atoms with Crippen LogP contribution in [0.4, 0.5) is 11.4 Å². The molecule has 0 radical (unpaired) electrons. The molecule has 0 heterocycles. The quantitative estimate of drug-likeness (QED) is 0.686. The van der Waals surface area contributed by atoms with Crippen LogP contribution in [0.5, 0.6) is 0 Å². The Morgan fingerprint density at radius 3 is 2.32 bits per heavy atom. The molecule has 2 aromatic rings. The van der Waals surface area contributed by atoms with E-state index in [1.807, 2.05) is 0 Å². The molecule has 0 aliphatic rings. The Morgan fingerprint density at radius 2 is 1.74 bits per heavy atom. The van der Waals surface area contributed by atoms with Crippen molar-refractivity contribution in [3.05, 3.63) is 59.2 Å². The normalized spacial score (nSPS) is 10.5. The van der Waals surface area contributed by atoms with Gasteiger partial charge in [0, 0.05) is 23.2 Å². The number of rotatable bonds is 4. The average molecular weight is 318 g/mol. The summed E-state index contributed by atoms with van der Waals surface area (Å²) in [6, 6.07) is 15.3. The minimum atomic E-state index is 0.912. The molecule has 0 amide bonds. The molecule has 2 aromatic carbocycles. The standard InChI is InChI=1S/C17H20BrN/c1-4-19(16-7-5-6-13(2)10-16)17-9-8-15(12-18)14(3)11-17/h5-11H,4,12H2,1-3H3. The molecule has 0 aromatic heterocycles. The van der Waals surface area contributed by atoms with Crippen LogP contribution in [0.2, 0.25) is 0 Å². The number of halogens is 1. The second kappa shape index (κ2) is 6.25. The monoisotopic (exact) mass is 317 g/mol. The Labute approximate surface area is 124 Å². The molecule has 0 saturated carbocycles. The van der Waals surface area contributed by atoms with E-state index >= 15 is 0 Å². The second-order valence-electron chi connectivity index (χ2n) is 4.83. The molecule has 100 valence electrons. The van der Waals surface area contributed by atoms with Crippen molar-refractivity contribution in [2.24, 2.45) is 0 Å². The second-order valence-corrected chi connectivity index (χ2v) is 5.39. The largest absolute Gasteiger partial charge is 0.342 e. The lowest BCUT2D eigenvalue weighted by Crippen LogP contribution is -2.16. The van der Waals surface area contributed by atoms with Crippen molar-refractivity contribution in [1.82, 2.24) is 0 Å². The summed E-state index contributed by atoms with van der Waals surface area (Å²) in [5.74, 6) is 0. The van der Waals surface area contributed by atoms with Crippen molar-refractivity contribution in [2.45, 2.75) is 26.1 Å². The average Bonchev–Trinajstić information content (AvgIpc) is 2.40. The predicted molar refractivity (Wildman–Crippen MR) is 87.7 cm³/mol. The first-order chi connectivity index (χ1) is 9.15. The molecule has 2 rings (SSSR count). The van der Waals surface area contributed by atoms with Crippen molar-refractivity contribution >= 4 is 27.3 Å². The number of hydrogen-bond donors (Lipinski definition) is 0. The summed E-state index contributed by atoms with van der Waals surface area (Å²) < 4.78 is 0. The number of anilines is 2. The lowest BCUT2D eigenvalue weighted by Gasteiger charge is -2.24. The molecule has 1 nitrogen and oxygen atoms in total. The fourth-order valence-electron chi connectivity index (χ4n) is 2.31. The third-order valence-electron chi connectivity index (χ3n) is 3.41. The number of benzene rings is 2. The van der Waals surface area contributed by atoms with Crippen LogP contribution >= 0.6 is 15.9 Å². The maximum Gasteiger partial charge on any atom is 0.0413 e. The molecule has 0 saturated heterocycles. The Balaban J connectivity index is 2.39. The summed E-state index contributed by atoms with van der Waals surface area (Å²) in [6.45, 7) is 7.47. The lowest BCUT2D eigenvalue weighted by molar-refractivity contribution is 1.02. The highest BCUT2D eigenvalue weighted by Crippen LogP contribution is 2.28. The minimum absolute atomic E-state index is 0.912. The first-order valence-electron chi connectivity index (χ1n) is 6.65. The zero-order valence-corrected chi connectivity index (χ0v) is 13.4. The maximum atomic E-state index is 3.53. The van der Waals surface area contributed by atoms with Crippen molar-refractivity contribution < 1.29 is 0 Å². The van der Waals surface area contributed by atoms with Crippen molar-refractivity contribution in [2.75, 3.05) is 11.4 Å². The van der Waals surface area contributed by atoms with E-state index in [9.17, 15) is 0 Å². The summed E-state index contributed by atoms with van der Waals surface area (Å²) in [6.07, 6.45) is 0. The molecule has 0 bridgehead atoms. The van der Waals surface area contributed by atoms with Gasteiger partial charge >= 0.3 is 0 Å². The van der Waals surface area contributed by atoms with E-state index in [2.05, 4.69) is 84.1 Å². The van der Waals surface area contributed by atoms with Crippen molar-refractivity contribution in [3.8, 4) is 0 Å². The molecule has 0 spiro atoms. The summed E-state index contributed by atoms with van der Waals surface area (Å²) in [5.41, 5.74) is 6.50. The molecule has 0 atom stereocenters. The van der Waals surface area contributed by atoms with Crippen LogP contribution in [0, 0.1) is 13.8 Å². The Kier molecular flexibility index (Phi) is 4.65. The molecule has 2 heteroatoms. The summed E-state index contributed by atoms with van der Waals surface area (Å²) >= 11 is 3.53. The third kappa shape index (κ3) is 3.19. The molecular weight excluding hydrogens is 298 g/mol. The SMILES string of the molecule is CCN(c1cccc(C)c1)c1ccc(CBr)c(C)c1. The predicted octanol–water partition coefficient (Wildman–Crippen LogP) is 5.36. The molecule has 0 fully saturated rings. The topological polar surface area (TPSA) is 3.24 Å². The number of nitrogens with zero attached hydrogens (tertiary/aromatic N) is 1. The van der Waals surface area contributed by atoms with Crippen LogP contribution in [0.3, 0.4) is 0 Å². The summed E-state index contributed by atoms with van der Waals surface area (Å²) in [4.78, 5) is 2.35. The first kappa shape index (κ1) is 14.1. The highest BCUT2D eigenvalue weighted by Gasteiger charge is 2.08. The van der Waals surface area contributed by atoms with Gasteiger partial charge in [0.1, 0.15) is 0 Å². The van der Waals surface area contributed by atoms with E-state index in [4.69, 9.17) is 0 Å². The van der Waals surface area contributed by atoms with Crippen LogP contribution in [-0.4, -0.2) is 6.54 Å². The molecular formula is C17H20BrN. The van der Waals surface area contributed by atoms with Crippen LogP contribution < -0.4 is 4.90 Å². The fraction of sp³-hybridized carbons (Fsp3) is 0.294.